The molecule has 0 saturated carbocycles. The molecule has 1 amide bonds. The third-order valence-electron chi connectivity index (χ3n) is 5.48. The maximum absolute atomic E-state index is 12.6. The Bertz CT molecular complexity index is 1290. The van der Waals surface area contributed by atoms with Crippen molar-refractivity contribution in [3.05, 3.63) is 101 Å². The molecule has 4 aromatic rings. The summed E-state index contributed by atoms with van der Waals surface area (Å²) in [5, 5.41) is 13.7. The average Bonchev–Trinajstić information content (AvgIpc) is 2.84. The van der Waals surface area contributed by atoms with Crippen molar-refractivity contribution in [1.29, 1.82) is 0 Å². The number of carbonyl (C=O) groups is 1. The van der Waals surface area contributed by atoms with Gasteiger partial charge in [-0.3, -0.25) is 9.78 Å². The molecule has 6 nitrogen and oxygen atoms in total. The van der Waals surface area contributed by atoms with Crippen LogP contribution in [0.2, 0.25) is 0 Å². The number of ether oxygens (including phenoxy) is 1. The lowest BCUT2D eigenvalue weighted by molar-refractivity contribution is -0.118. The molecule has 4 rings (SSSR count). The van der Waals surface area contributed by atoms with Crippen LogP contribution in [-0.4, -0.2) is 22.6 Å². The summed E-state index contributed by atoms with van der Waals surface area (Å²) < 4.78 is 5.64. The monoisotopic (exact) mass is 441 g/mol. The summed E-state index contributed by atoms with van der Waals surface area (Å²) in [4.78, 5) is 17.3. The lowest BCUT2D eigenvalue weighted by Crippen LogP contribution is -2.21. The summed E-state index contributed by atoms with van der Waals surface area (Å²) in [6.45, 7) is 2.20. The fourth-order valence-corrected chi connectivity index (χ4v) is 3.89. The Kier molecular flexibility index (Phi) is 6.98. The smallest absolute Gasteiger partial charge is 0.262 e. The van der Waals surface area contributed by atoms with Crippen LogP contribution in [0.15, 0.2) is 72.8 Å². The fraction of sp³-hybridized carbons (Fsp3) is 0.185. The van der Waals surface area contributed by atoms with Gasteiger partial charge in [0.05, 0.1) is 12.1 Å². The number of fused-ring (bicyclic) bond motifs is 1. The standard InChI is InChI=1S/C27H27N3O3/c1-18-12-22(16-31)24-10-5-8-21(27(24)29-18)14-20-7-2-3-11-25(20)30-26(32)17-33-23-9-4-6-19(13-23)15-28/h2-13,31H,14-17,28H2,1H3,(H,30,32). The van der Waals surface area contributed by atoms with Crippen LogP contribution >= 0.6 is 0 Å². The van der Waals surface area contributed by atoms with E-state index in [1.54, 1.807) is 6.07 Å². The lowest BCUT2D eigenvalue weighted by atomic mass is 9.98. The Morgan fingerprint density at radius 3 is 2.61 bits per heavy atom. The third kappa shape index (κ3) is 5.37. The van der Waals surface area contributed by atoms with Crippen LogP contribution in [0.4, 0.5) is 5.69 Å². The Balaban J connectivity index is 1.52. The molecule has 0 radical (unpaired) electrons. The second-order valence-corrected chi connectivity index (χ2v) is 7.92. The highest BCUT2D eigenvalue weighted by atomic mass is 16.5. The molecule has 6 heteroatoms. The van der Waals surface area contributed by atoms with E-state index in [9.17, 15) is 9.90 Å². The number of aryl methyl sites for hydroxylation is 1. The molecule has 0 saturated heterocycles. The summed E-state index contributed by atoms with van der Waals surface area (Å²) in [6.07, 6.45) is 0.592. The number of para-hydroxylation sites is 2. The minimum atomic E-state index is -0.241. The molecular weight excluding hydrogens is 414 g/mol. The van der Waals surface area contributed by atoms with E-state index < -0.39 is 0 Å². The van der Waals surface area contributed by atoms with Crippen molar-refractivity contribution in [3.8, 4) is 5.75 Å². The number of nitrogens with one attached hydrogen (secondary N) is 1. The van der Waals surface area contributed by atoms with Crippen molar-refractivity contribution < 1.29 is 14.6 Å². The van der Waals surface area contributed by atoms with E-state index in [1.165, 1.54) is 0 Å². The topological polar surface area (TPSA) is 97.5 Å². The van der Waals surface area contributed by atoms with E-state index in [0.29, 0.717) is 18.7 Å². The van der Waals surface area contributed by atoms with E-state index in [4.69, 9.17) is 15.5 Å². The minimum absolute atomic E-state index is 0.0376. The number of aromatic nitrogens is 1. The molecule has 0 spiro atoms. The highest BCUT2D eigenvalue weighted by Crippen LogP contribution is 2.26. The van der Waals surface area contributed by atoms with Crippen LogP contribution in [0, 0.1) is 6.92 Å². The van der Waals surface area contributed by atoms with Gasteiger partial charge in [0.1, 0.15) is 5.75 Å². The van der Waals surface area contributed by atoms with E-state index in [-0.39, 0.29) is 19.1 Å². The van der Waals surface area contributed by atoms with Crippen molar-refractivity contribution in [1.82, 2.24) is 4.98 Å². The number of carbonyl (C=O) groups excluding carboxylic acids is 1. The van der Waals surface area contributed by atoms with Crippen molar-refractivity contribution in [3.63, 3.8) is 0 Å². The Morgan fingerprint density at radius 1 is 1.00 bits per heavy atom. The number of anilines is 1. The summed E-state index contributed by atoms with van der Waals surface area (Å²) in [6, 6.07) is 23.0. The normalized spacial score (nSPS) is 10.9. The maximum Gasteiger partial charge on any atom is 0.262 e. The quantitative estimate of drug-likeness (QED) is 0.382. The minimum Gasteiger partial charge on any atom is -0.484 e. The molecule has 0 bridgehead atoms. The summed E-state index contributed by atoms with van der Waals surface area (Å²) in [5.41, 5.74) is 11.9. The second kappa shape index (κ2) is 10.3. The highest BCUT2D eigenvalue weighted by Gasteiger charge is 2.12. The van der Waals surface area contributed by atoms with E-state index >= 15 is 0 Å². The first-order valence-electron chi connectivity index (χ1n) is 10.9. The first-order chi connectivity index (χ1) is 16.1. The number of hydrogen-bond donors (Lipinski definition) is 3. The van der Waals surface area contributed by atoms with Crippen molar-refractivity contribution >= 4 is 22.5 Å². The van der Waals surface area contributed by atoms with Gasteiger partial charge in [-0.1, -0.05) is 48.5 Å². The van der Waals surface area contributed by atoms with Gasteiger partial charge in [0.25, 0.3) is 5.91 Å². The fourth-order valence-electron chi connectivity index (χ4n) is 3.89. The average molecular weight is 442 g/mol. The predicted octanol–water partition coefficient (Wildman–Crippen LogP) is 4.10. The number of aliphatic hydroxyl groups excluding tert-OH is 1. The number of pyridine rings is 1. The molecule has 33 heavy (non-hydrogen) atoms. The number of rotatable bonds is 8. The largest absolute Gasteiger partial charge is 0.484 e. The zero-order valence-electron chi connectivity index (χ0n) is 18.5. The van der Waals surface area contributed by atoms with E-state index in [2.05, 4.69) is 5.32 Å². The first-order valence-corrected chi connectivity index (χ1v) is 10.9. The second-order valence-electron chi connectivity index (χ2n) is 7.92. The molecule has 0 aliphatic heterocycles. The number of benzene rings is 3. The predicted molar refractivity (Wildman–Crippen MR) is 130 cm³/mol. The summed E-state index contributed by atoms with van der Waals surface area (Å²) >= 11 is 0. The maximum atomic E-state index is 12.6. The van der Waals surface area contributed by atoms with Gasteiger partial charge in [-0.05, 0) is 53.4 Å². The van der Waals surface area contributed by atoms with Crippen LogP contribution in [0.5, 0.6) is 5.75 Å². The van der Waals surface area contributed by atoms with Gasteiger partial charge in [0.15, 0.2) is 6.61 Å². The number of nitrogens with two attached hydrogens (primary N) is 1. The Labute approximate surface area is 193 Å². The molecule has 3 aromatic carbocycles. The molecule has 1 aromatic heterocycles. The molecule has 0 aliphatic carbocycles. The van der Waals surface area contributed by atoms with Crippen LogP contribution in [0.25, 0.3) is 10.9 Å². The van der Waals surface area contributed by atoms with Gasteiger partial charge in [-0.15, -0.1) is 0 Å². The summed E-state index contributed by atoms with van der Waals surface area (Å²) in [5.74, 6) is 0.369. The SMILES string of the molecule is Cc1cc(CO)c2cccc(Cc3ccccc3NC(=O)COc3cccc(CN)c3)c2n1. The van der Waals surface area contributed by atoms with E-state index in [1.807, 2.05) is 73.7 Å². The molecule has 1 heterocycles. The zero-order chi connectivity index (χ0) is 23.2. The number of hydrogen-bond acceptors (Lipinski definition) is 5. The molecule has 0 atom stereocenters. The zero-order valence-corrected chi connectivity index (χ0v) is 18.5. The van der Waals surface area contributed by atoms with Crippen molar-refractivity contribution in [2.45, 2.75) is 26.5 Å². The Hall–Kier alpha value is -3.74. The van der Waals surface area contributed by atoms with Crippen LogP contribution in [0.1, 0.15) is 27.9 Å². The van der Waals surface area contributed by atoms with Crippen molar-refractivity contribution in [2.75, 3.05) is 11.9 Å². The Morgan fingerprint density at radius 2 is 1.79 bits per heavy atom. The van der Waals surface area contributed by atoms with Gasteiger partial charge < -0.3 is 20.9 Å². The van der Waals surface area contributed by atoms with Gasteiger partial charge >= 0.3 is 0 Å². The molecule has 0 aliphatic rings. The molecule has 0 fully saturated rings. The lowest BCUT2D eigenvalue weighted by Gasteiger charge is -2.14. The molecular formula is C27H27N3O3. The van der Waals surface area contributed by atoms with Crippen LogP contribution < -0.4 is 15.8 Å². The van der Waals surface area contributed by atoms with Crippen molar-refractivity contribution in [2.24, 2.45) is 5.73 Å². The van der Waals surface area contributed by atoms with E-state index in [0.717, 1.165) is 44.5 Å². The van der Waals surface area contributed by atoms with Gasteiger partial charge in [0.2, 0.25) is 0 Å². The number of aliphatic hydroxyl groups is 1. The molecule has 4 N–H and O–H groups in total. The molecule has 0 unspecified atom stereocenters. The number of nitrogens with zero attached hydrogens (tertiary/aromatic N) is 1. The summed E-state index contributed by atoms with van der Waals surface area (Å²) in [7, 11) is 0. The first kappa shape index (κ1) is 22.5. The van der Waals surface area contributed by atoms with Gasteiger partial charge in [-0.2, -0.15) is 0 Å². The number of amides is 1. The molecule has 168 valence electrons. The van der Waals surface area contributed by atoms with Crippen LogP contribution in [0.3, 0.4) is 0 Å². The highest BCUT2D eigenvalue weighted by molar-refractivity contribution is 5.93. The third-order valence-corrected chi connectivity index (χ3v) is 5.48. The van der Waals surface area contributed by atoms with Gasteiger partial charge in [0, 0.05) is 29.7 Å². The van der Waals surface area contributed by atoms with Crippen LogP contribution in [-0.2, 0) is 24.4 Å². The van der Waals surface area contributed by atoms with Gasteiger partial charge in [-0.25, -0.2) is 0 Å².